The Kier molecular flexibility index (Phi) is 5.05. The van der Waals surface area contributed by atoms with Gasteiger partial charge in [0.2, 0.25) is 0 Å². The van der Waals surface area contributed by atoms with E-state index < -0.39 is 17.4 Å². The first-order valence-electron chi connectivity index (χ1n) is 10.2. The molecule has 2 aromatic carbocycles. The molecule has 1 aliphatic heterocycles. The van der Waals surface area contributed by atoms with E-state index in [1.165, 1.54) is 12.5 Å². The Bertz CT molecular complexity index is 1200. The number of hydrogen-bond donors (Lipinski definition) is 2. The first-order valence-corrected chi connectivity index (χ1v) is 10.2. The second kappa shape index (κ2) is 7.58. The molecule has 160 valence electrons. The first-order chi connectivity index (χ1) is 14.7. The van der Waals surface area contributed by atoms with Gasteiger partial charge in [-0.1, -0.05) is 30.3 Å². The Balaban J connectivity index is 1.59. The number of nitrogens with one attached hydrogen (secondary N) is 2. The molecule has 2 N–H and O–H groups in total. The number of benzene rings is 2. The highest BCUT2D eigenvalue weighted by Gasteiger charge is 2.47. The number of hydrogen-bond acceptors (Lipinski definition) is 4. The lowest BCUT2D eigenvalue weighted by molar-refractivity contribution is -0.143. The predicted octanol–water partition coefficient (Wildman–Crippen LogP) is 3.89. The van der Waals surface area contributed by atoms with Crippen LogP contribution in [0.3, 0.4) is 0 Å². The van der Waals surface area contributed by atoms with E-state index in [1.807, 2.05) is 49.7 Å². The summed E-state index contributed by atoms with van der Waals surface area (Å²) in [5.74, 6) is -0.588. The number of amides is 2. The summed E-state index contributed by atoms with van der Waals surface area (Å²) in [7, 11) is 0. The fraction of sp³-hybridized carbons (Fsp3) is 0.292. The zero-order valence-corrected chi connectivity index (χ0v) is 18.4. The second-order valence-electron chi connectivity index (χ2n) is 8.17. The largest absolute Gasteiger partial charge is 0.466 e. The SMILES string of the molecule is Cc1ccc2c(c1)NC(=O)C(C)(C(=O)Nc1c(C)nn(Cc3ccccc3C)c1C)O2. The molecule has 1 aliphatic rings. The summed E-state index contributed by atoms with van der Waals surface area (Å²) in [6.07, 6.45) is 0. The number of anilines is 2. The summed E-state index contributed by atoms with van der Waals surface area (Å²) in [4.78, 5) is 25.9. The van der Waals surface area contributed by atoms with Crippen LogP contribution in [0.15, 0.2) is 42.5 Å². The third kappa shape index (κ3) is 3.67. The monoisotopic (exact) mass is 418 g/mol. The van der Waals surface area contributed by atoms with Crippen LogP contribution in [0.25, 0.3) is 0 Å². The third-order valence-corrected chi connectivity index (χ3v) is 5.77. The van der Waals surface area contributed by atoms with Gasteiger partial charge in [-0.2, -0.15) is 5.10 Å². The van der Waals surface area contributed by atoms with E-state index >= 15 is 0 Å². The Morgan fingerprint density at radius 3 is 2.65 bits per heavy atom. The molecule has 2 amide bonds. The summed E-state index contributed by atoms with van der Waals surface area (Å²) in [6.45, 7) is 9.78. The molecule has 4 rings (SSSR count). The summed E-state index contributed by atoms with van der Waals surface area (Å²) in [5.41, 5.74) is 4.26. The molecule has 3 aromatic rings. The van der Waals surface area contributed by atoms with Crippen molar-refractivity contribution in [3.05, 3.63) is 70.5 Å². The molecule has 0 spiro atoms. The van der Waals surface area contributed by atoms with E-state index in [0.717, 1.165) is 16.8 Å². The number of carbonyl (C=O) groups is 2. The van der Waals surface area contributed by atoms with Gasteiger partial charge in [0.25, 0.3) is 17.4 Å². The normalized spacial score (nSPS) is 17.5. The molecule has 0 saturated carbocycles. The maximum Gasteiger partial charge on any atom is 0.278 e. The van der Waals surface area contributed by atoms with E-state index in [9.17, 15) is 9.59 Å². The van der Waals surface area contributed by atoms with E-state index in [0.29, 0.717) is 29.4 Å². The van der Waals surface area contributed by atoms with Crippen molar-refractivity contribution in [3.63, 3.8) is 0 Å². The van der Waals surface area contributed by atoms with Crippen LogP contribution in [0.1, 0.15) is 35.0 Å². The Morgan fingerprint density at radius 2 is 1.90 bits per heavy atom. The van der Waals surface area contributed by atoms with Crippen molar-refractivity contribution in [2.24, 2.45) is 0 Å². The maximum absolute atomic E-state index is 13.2. The van der Waals surface area contributed by atoms with Crippen molar-refractivity contribution in [1.29, 1.82) is 0 Å². The van der Waals surface area contributed by atoms with Gasteiger partial charge in [-0.15, -0.1) is 0 Å². The summed E-state index contributed by atoms with van der Waals surface area (Å²) in [6, 6.07) is 13.6. The lowest BCUT2D eigenvalue weighted by atomic mass is 10.0. The fourth-order valence-corrected chi connectivity index (χ4v) is 3.70. The summed E-state index contributed by atoms with van der Waals surface area (Å²) >= 11 is 0. The smallest absolute Gasteiger partial charge is 0.278 e. The average Bonchev–Trinajstić information content (AvgIpc) is 2.98. The predicted molar refractivity (Wildman–Crippen MR) is 119 cm³/mol. The Labute approximate surface area is 181 Å². The molecule has 0 fully saturated rings. The molecule has 7 heteroatoms. The van der Waals surface area contributed by atoms with Gasteiger partial charge in [0.1, 0.15) is 5.75 Å². The quantitative estimate of drug-likeness (QED) is 0.630. The van der Waals surface area contributed by atoms with Crippen LogP contribution in [-0.2, 0) is 16.1 Å². The van der Waals surface area contributed by atoms with Gasteiger partial charge in [0.15, 0.2) is 0 Å². The number of aromatic nitrogens is 2. The maximum atomic E-state index is 13.2. The zero-order valence-electron chi connectivity index (χ0n) is 18.4. The van der Waals surface area contributed by atoms with Gasteiger partial charge in [-0.25, -0.2) is 0 Å². The van der Waals surface area contributed by atoms with Crippen LogP contribution in [0.4, 0.5) is 11.4 Å². The average molecular weight is 418 g/mol. The van der Waals surface area contributed by atoms with Crippen molar-refractivity contribution in [3.8, 4) is 5.75 Å². The minimum absolute atomic E-state index is 0.464. The summed E-state index contributed by atoms with van der Waals surface area (Å²) in [5, 5.41) is 10.3. The van der Waals surface area contributed by atoms with Crippen LogP contribution in [0, 0.1) is 27.7 Å². The van der Waals surface area contributed by atoms with Crippen molar-refractivity contribution in [2.45, 2.75) is 46.8 Å². The van der Waals surface area contributed by atoms with E-state index in [1.54, 1.807) is 6.07 Å². The molecule has 1 atom stereocenters. The molecule has 7 nitrogen and oxygen atoms in total. The van der Waals surface area contributed by atoms with Crippen molar-refractivity contribution >= 4 is 23.2 Å². The first kappa shape index (κ1) is 20.7. The van der Waals surface area contributed by atoms with Gasteiger partial charge in [-0.3, -0.25) is 14.3 Å². The molecular weight excluding hydrogens is 392 g/mol. The lowest BCUT2D eigenvalue weighted by Crippen LogP contribution is -2.56. The number of aryl methyl sites for hydroxylation is 3. The molecule has 31 heavy (non-hydrogen) atoms. The van der Waals surface area contributed by atoms with Gasteiger partial charge in [-0.05, 0) is 63.4 Å². The minimum atomic E-state index is -1.70. The van der Waals surface area contributed by atoms with E-state index in [2.05, 4.69) is 34.8 Å². The molecule has 0 bridgehead atoms. The Hall–Kier alpha value is -3.61. The molecule has 0 radical (unpaired) electrons. The molecule has 0 saturated heterocycles. The third-order valence-electron chi connectivity index (χ3n) is 5.77. The van der Waals surface area contributed by atoms with Gasteiger partial charge in [0.05, 0.1) is 29.3 Å². The molecular formula is C24H26N4O3. The standard InChI is InChI=1S/C24H26N4O3/c1-14-10-11-20-19(12-14)25-22(29)24(5,31-20)23(30)26-21-16(3)27-28(17(21)4)13-18-9-7-6-8-15(18)2/h6-12H,13H2,1-5H3,(H,25,29)(H,26,30). The van der Waals surface area contributed by atoms with Crippen molar-refractivity contribution in [2.75, 3.05) is 10.6 Å². The van der Waals surface area contributed by atoms with E-state index in [4.69, 9.17) is 4.74 Å². The molecule has 1 aromatic heterocycles. The fourth-order valence-electron chi connectivity index (χ4n) is 3.70. The van der Waals surface area contributed by atoms with E-state index in [-0.39, 0.29) is 0 Å². The highest BCUT2D eigenvalue weighted by molar-refractivity contribution is 6.19. The molecule has 0 aliphatic carbocycles. The van der Waals surface area contributed by atoms with Crippen LogP contribution < -0.4 is 15.4 Å². The molecule has 2 heterocycles. The van der Waals surface area contributed by atoms with Crippen molar-refractivity contribution in [1.82, 2.24) is 9.78 Å². The zero-order chi connectivity index (χ0) is 22.3. The van der Waals surface area contributed by atoms with Gasteiger partial charge >= 0.3 is 0 Å². The van der Waals surface area contributed by atoms with Crippen molar-refractivity contribution < 1.29 is 14.3 Å². The Morgan fingerprint density at radius 1 is 1.16 bits per heavy atom. The van der Waals surface area contributed by atoms with Gasteiger partial charge < -0.3 is 15.4 Å². The highest BCUT2D eigenvalue weighted by atomic mass is 16.5. The van der Waals surface area contributed by atoms with Crippen LogP contribution >= 0.6 is 0 Å². The number of ether oxygens (including phenoxy) is 1. The number of rotatable bonds is 4. The number of nitrogens with zero attached hydrogens (tertiary/aromatic N) is 2. The van der Waals surface area contributed by atoms with Crippen LogP contribution in [0.2, 0.25) is 0 Å². The highest BCUT2D eigenvalue weighted by Crippen LogP contribution is 2.35. The second-order valence-corrected chi connectivity index (χ2v) is 8.17. The minimum Gasteiger partial charge on any atom is -0.466 e. The number of carbonyl (C=O) groups excluding carboxylic acids is 2. The summed E-state index contributed by atoms with van der Waals surface area (Å²) < 4.78 is 7.72. The topological polar surface area (TPSA) is 85.3 Å². The number of fused-ring (bicyclic) bond motifs is 1. The van der Waals surface area contributed by atoms with Crippen LogP contribution in [0.5, 0.6) is 5.75 Å². The lowest BCUT2D eigenvalue weighted by Gasteiger charge is -2.33. The van der Waals surface area contributed by atoms with Crippen LogP contribution in [-0.4, -0.2) is 27.2 Å². The molecule has 1 unspecified atom stereocenters. The van der Waals surface area contributed by atoms with Gasteiger partial charge in [0, 0.05) is 0 Å².